The van der Waals surface area contributed by atoms with Crippen LogP contribution in [-0.2, 0) is 11.3 Å². The van der Waals surface area contributed by atoms with Gasteiger partial charge < -0.3 is 19.0 Å². The molecule has 9 nitrogen and oxygen atoms in total. The van der Waals surface area contributed by atoms with Crippen molar-refractivity contribution < 1.29 is 14.0 Å². The zero-order valence-electron chi connectivity index (χ0n) is 15.2. The van der Waals surface area contributed by atoms with Crippen LogP contribution in [0.15, 0.2) is 35.2 Å². The van der Waals surface area contributed by atoms with Crippen LogP contribution in [0.2, 0.25) is 0 Å². The molecule has 1 aliphatic heterocycles. The van der Waals surface area contributed by atoms with Crippen LogP contribution < -0.4 is 4.74 Å². The number of aromatic nitrogens is 5. The largest absolute Gasteiger partial charge is 0.491 e. The maximum Gasteiger partial charge on any atom is 0.244 e. The van der Waals surface area contributed by atoms with Crippen LogP contribution in [0.1, 0.15) is 30.6 Å². The molecule has 1 aliphatic rings. The lowest BCUT2D eigenvalue weighted by Gasteiger charge is -2.19. The highest BCUT2D eigenvalue weighted by molar-refractivity contribution is 5.50. The third-order valence-electron chi connectivity index (χ3n) is 4.51. The molecule has 1 N–H and O–H groups in total. The highest BCUT2D eigenvalue weighted by atomic mass is 16.5. The number of rotatable bonds is 8. The van der Waals surface area contributed by atoms with E-state index in [1.165, 1.54) is 0 Å². The number of likely N-dealkylation sites (tertiary alicyclic amines) is 1. The van der Waals surface area contributed by atoms with Crippen molar-refractivity contribution >= 4 is 0 Å². The Morgan fingerprint density at radius 1 is 1.30 bits per heavy atom. The molecule has 0 aliphatic carbocycles. The number of nitrogens with zero attached hydrogens (tertiary/aromatic N) is 5. The first-order chi connectivity index (χ1) is 13.3. The van der Waals surface area contributed by atoms with Crippen LogP contribution in [0.5, 0.6) is 5.75 Å². The van der Waals surface area contributed by atoms with E-state index in [1.807, 2.05) is 6.20 Å². The van der Waals surface area contributed by atoms with Crippen LogP contribution in [0.25, 0.3) is 11.5 Å². The van der Waals surface area contributed by atoms with Crippen molar-refractivity contribution in [3.63, 3.8) is 0 Å². The predicted molar refractivity (Wildman–Crippen MR) is 95.9 cm³/mol. The minimum absolute atomic E-state index is 0.0949. The third kappa shape index (κ3) is 4.15. The van der Waals surface area contributed by atoms with E-state index in [9.17, 15) is 0 Å². The summed E-state index contributed by atoms with van der Waals surface area (Å²) >= 11 is 0. The number of hydrogen-bond acceptors (Lipinski definition) is 8. The van der Waals surface area contributed by atoms with E-state index in [2.05, 4.69) is 30.0 Å². The maximum atomic E-state index is 5.62. The molecule has 1 saturated heterocycles. The van der Waals surface area contributed by atoms with E-state index in [0.29, 0.717) is 36.4 Å². The van der Waals surface area contributed by atoms with Crippen molar-refractivity contribution in [3.8, 4) is 17.3 Å². The molecule has 9 heteroatoms. The maximum absolute atomic E-state index is 5.62. The van der Waals surface area contributed by atoms with Gasteiger partial charge >= 0.3 is 0 Å². The van der Waals surface area contributed by atoms with Crippen molar-refractivity contribution in [1.29, 1.82) is 0 Å². The molecule has 3 aromatic heterocycles. The average molecular weight is 370 g/mol. The summed E-state index contributed by atoms with van der Waals surface area (Å²) in [5, 5.41) is 4.12. The second-order valence-electron chi connectivity index (χ2n) is 6.34. The summed E-state index contributed by atoms with van der Waals surface area (Å²) in [5.74, 6) is 2.71. The van der Waals surface area contributed by atoms with Crippen molar-refractivity contribution in [2.24, 2.45) is 0 Å². The Kier molecular flexibility index (Phi) is 5.40. The lowest BCUT2D eigenvalue weighted by atomic mass is 10.2. The van der Waals surface area contributed by atoms with E-state index in [-0.39, 0.29) is 6.04 Å². The summed E-state index contributed by atoms with van der Waals surface area (Å²) in [4.78, 5) is 18.7. The normalized spacial score (nSPS) is 17.4. The van der Waals surface area contributed by atoms with Gasteiger partial charge in [0.15, 0.2) is 0 Å². The zero-order valence-corrected chi connectivity index (χ0v) is 15.2. The minimum Gasteiger partial charge on any atom is -0.491 e. The van der Waals surface area contributed by atoms with E-state index >= 15 is 0 Å². The first kappa shape index (κ1) is 17.6. The molecule has 1 atom stereocenters. The van der Waals surface area contributed by atoms with Gasteiger partial charge in [-0.25, -0.2) is 4.98 Å². The van der Waals surface area contributed by atoms with Gasteiger partial charge in [0.25, 0.3) is 0 Å². The van der Waals surface area contributed by atoms with Gasteiger partial charge in [-0.3, -0.25) is 9.88 Å². The number of nitrogens with one attached hydrogen (secondary N) is 1. The Labute approximate surface area is 156 Å². The number of aromatic amines is 1. The second kappa shape index (κ2) is 8.28. The number of ether oxygens (including phenoxy) is 2. The van der Waals surface area contributed by atoms with Gasteiger partial charge in [-0.15, -0.1) is 0 Å². The lowest BCUT2D eigenvalue weighted by Crippen LogP contribution is -2.23. The summed E-state index contributed by atoms with van der Waals surface area (Å²) in [7, 11) is 1.64. The molecule has 0 amide bonds. The van der Waals surface area contributed by atoms with Gasteiger partial charge in [-0.05, 0) is 25.5 Å². The first-order valence-corrected chi connectivity index (χ1v) is 8.97. The summed E-state index contributed by atoms with van der Waals surface area (Å²) < 4.78 is 16.2. The molecule has 4 heterocycles. The molecule has 1 fully saturated rings. The van der Waals surface area contributed by atoms with Crippen LogP contribution in [0, 0.1) is 0 Å². The van der Waals surface area contributed by atoms with Crippen molar-refractivity contribution in [1.82, 2.24) is 30.0 Å². The fourth-order valence-electron chi connectivity index (χ4n) is 3.21. The molecule has 0 spiro atoms. The van der Waals surface area contributed by atoms with Gasteiger partial charge in [-0.2, -0.15) is 4.98 Å². The molecule has 142 valence electrons. The first-order valence-electron chi connectivity index (χ1n) is 8.97. The lowest BCUT2D eigenvalue weighted by molar-refractivity contribution is 0.146. The molecule has 0 unspecified atom stereocenters. The Morgan fingerprint density at radius 3 is 3.11 bits per heavy atom. The summed E-state index contributed by atoms with van der Waals surface area (Å²) in [6, 6.07) is 3.69. The second-order valence-corrected chi connectivity index (χ2v) is 6.34. The summed E-state index contributed by atoms with van der Waals surface area (Å²) in [6.07, 6.45) is 7.34. The number of pyridine rings is 1. The fraction of sp³-hybridized carbons (Fsp3) is 0.444. The third-order valence-corrected chi connectivity index (χ3v) is 4.51. The smallest absolute Gasteiger partial charge is 0.244 e. The highest BCUT2D eigenvalue weighted by Gasteiger charge is 2.31. The standard InChI is InChI=1S/C18H22N6O3/c1-25-9-10-26-13-4-5-19-14(11-13)17-22-18(27-23-17)15-3-2-8-24(15)12-16-20-6-7-21-16/h4-7,11,15H,2-3,8-10,12H2,1H3,(H,20,21)/t15-/m0/s1. The summed E-state index contributed by atoms with van der Waals surface area (Å²) in [6.45, 7) is 2.71. The number of H-pyrrole nitrogens is 1. The van der Waals surface area contributed by atoms with E-state index in [0.717, 1.165) is 31.8 Å². The monoisotopic (exact) mass is 370 g/mol. The van der Waals surface area contributed by atoms with Gasteiger partial charge in [0.1, 0.15) is 23.9 Å². The Hall–Kier alpha value is -2.78. The molecular weight excluding hydrogens is 348 g/mol. The topological polar surface area (TPSA) is 102 Å². The molecule has 0 aromatic carbocycles. The van der Waals surface area contributed by atoms with Crippen LogP contribution in [0.3, 0.4) is 0 Å². The zero-order chi connectivity index (χ0) is 18.5. The molecule has 0 saturated carbocycles. The van der Waals surface area contributed by atoms with Crippen molar-refractivity contribution in [3.05, 3.63) is 42.4 Å². The molecule has 0 bridgehead atoms. The number of methoxy groups -OCH3 is 1. The molecule has 3 aromatic rings. The van der Waals surface area contributed by atoms with Crippen molar-refractivity contribution in [2.45, 2.75) is 25.4 Å². The Balaban J connectivity index is 1.47. The number of imidazole rings is 1. The van der Waals surface area contributed by atoms with E-state index in [1.54, 1.807) is 31.6 Å². The van der Waals surface area contributed by atoms with Crippen LogP contribution in [0.4, 0.5) is 0 Å². The fourth-order valence-corrected chi connectivity index (χ4v) is 3.21. The minimum atomic E-state index is 0.0949. The Morgan fingerprint density at radius 2 is 2.26 bits per heavy atom. The van der Waals surface area contributed by atoms with E-state index < -0.39 is 0 Å². The summed E-state index contributed by atoms with van der Waals surface area (Å²) in [5.41, 5.74) is 0.621. The SMILES string of the molecule is COCCOc1ccnc(-c2noc([C@@H]3CCCN3Cc3ncc[nH]3)n2)c1. The van der Waals surface area contributed by atoms with Gasteiger partial charge in [0.05, 0.1) is 19.2 Å². The highest BCUT2D eigenvalue weighted by Crippen LogP contribution is 2.32. The average Bonchev–Trinajstić information content (AvgIpc) is 3.44. The van der Waals surface area contributed by atoms with Gasteiger partial charge in [-0.1, -0.05) is 5.16 Å². The van der Waals surface area contributed by atoms with Crippen LogP contribution >= 0.6 is 0 Å². The van der Waals surface area contributed by atoms with Crippen molar-refractivity contribution in [2.75, 3.05) is 26.9 Å². The molecule has 0 radical (unpaired) electrons. The van der Waals surface area contributed by atoms with Crippen LogP contribution in [-0.4, -0.2) is 56.9 Å². The quantitative estimate of drug-likeness (QED) is 0.602. The molecule has 4 rings (SSSR count). The molecule has 27 heavy (non-hydrogen) atoms. The predicted octanol–water partition coefficient (Wildman–Crippen LogP) is 2.22. The van der Waals surface area contributed by atoms with Gasteiger partial charge in [0, 0.05) is 31.8 Å². The Bertz CT molecular complexity index is 850. The number of hydrogen-bond donors (Lipinski definition) is 1. The van der Waals surface area contributed by atoms with E-state index in [4.69, 9.17) is 14.0 Å². The molecular formula is C18H22N6O3. The van der Waals surface area contributed by atoms with Gasteiger partial charge in [0.2, 0.25) is 11.7 Å².